The van der Waals surface area contributed by atoms with E-state index >= 15 is 0 Å². The van der Waals surface area contributed by atoms with Gasteiger partial charge in [-0.05, 0) is 0 Å². The van der Waals surface area contributed by atoms with E-state index in [9.17, 15) is 0 Å². The van der Waals surface area contributed by atoms with E-state index in [1.54, 1.807) is 22.3 Å². The van der Waals surface area contributed by atoms with Crippen LogP contribution in [0.2, 0.25) is 0 Å². The van der Waals surface area contributed by atoms with Crippen molar-refractivity contribution >= 4 is 14.0 Å². The molecule has 0 heterocycles. The Morgan fingerprint density at radius 2 is 1.00 bits per heavy atom. The van der Waals surface area contributed by atoms with Gasteiger partial charge in [-0.3, -0.25) is 0 Å². The van der Waals surface area contributed by atoms with Gasteiger partial charge in [0, 0.05) is 0 Å². The van der Waals surface area contributed by atoms with Crippen LogP contribution in [0.25, 0.3) is 17.2 Å². The number of halogens is 2. The minimum absolute atomic E-state index is 0. The predicted molar refractivity (Wildman–Crippen MR) is 152 cm³/mol. The molecule has 0 nitrogen and oxygen atoms in total. The largest absolute Gasteiger partial charge is 1.00 e. The van der Waals surface area contributed by atoms with E-state index in [1.807, 2.05) is 5.31 Å². The topological polar surface area (TPSA) is 0 Å². The normalized spacial score (nSPS) is 21.0. The Morgan fingerprint density at radius 1 is 0.526 bits per heavy atom. The van der Waals surface area contributed by atoms with Gasteiger partial charge in [-0.2, -0.15) is 0 Å². The zero-order valence-electron chi connectivity index (χ0n) is 22.1. The molecular weight excluding hydrogens is 558 g/mol. The van der Waals surface area contributed by atoms with Gasteiger partial charge in [0.1, 0.15) is 0 Å². The minimum Gasteiger partial charge on any atom is -1.00 e. The third kappa shape index (κ3) is 5.27. The molecule has 196 valence electrons. The maximum Gasteiger partial charge on any atom is -1.00 e. The van der Waals surface area contributed by atoms with Crippen LogP contribution in [0.4, 0.5) is 0 Å². The number of fused-ring (bicyclic) bond motifs is 4. The number of benzene rings is 3. The Hall–Kier alpha value is -0.876. The average Bonchev–Trinajstić information content (AvgIpc) is 3.46. The number of hydrogen-bond donors (Lipinski definition) is 0. The van der Waals surface area contributed by atoms with E-state index < -0.39 is 0 Å². The third-order valence-electron chi connectivity index (χ3n) is 9.31. The van der Waals surface area contributed by atoms with Crippen LogP contribution in [-0.4, -0.2) is 11.3 Å². The van der Waals surface area contributed by atoms with Crippen molar-refractivity contribution in [2.75, 3.05) is 0 Å². The SMILES string of the molecule is C1=C(P(C2CCCCC2)C2CCCCC2)[CH]([Ti+2][CH]2c3ccccc3-c3ccccc32)c2ccccc21.[Cl-].[Cl-]. The Kier molecular flexibility index (Phi) is 9.61. The smallest absolute Gasteiger partial charge is 1.00 e. The van der Waals surface area contributed by atoms with Crippen molar-refractivity contribution in [2.45, 2.75) is 84.0 Å². The maximum absolute atomic E-state index is 2.74. The van der Waals surface area contributed by atoms with Crippen LogP contribution in [0, 0.1) is 0 Å². The van der Waals surface area contributed by atoms with Gasteiger partial charge in [0.2, 0.25) is 0 Å². The Balaban J connectivity index is 0.00000147. The molecule has 0 spiro atoms. The van der Waals surface area contributed by atoms with Gasteiger partial charge < -0.3 is 24.8 Å². The van der Waals surface area contributed by atoms with Gasteiger partial charge in [0.25, 0.3) is 0 Å². The summed E-state index contributed by atoms with van der Waals surface area (Å²) in [5.41, 5.74) is 11.4. The van der Waals surface area contributed by atoms with Gasteiger partial charge in [-0.1, -0.05) is 0 Å². The van der Waals surface area contributed by atoms with E-state index in [1.165, 1.54) is 75.3 Å². The van der Waals surface area contributed by atoms with E-state index in [2.05, 4.69) is 78.9 Å². The van der Waals surface area contributed by atoms with Gasteiger partial charge in [-0.15, -0.1) is 0 Å². The van der Waals surface area contributed by atoms with Crippen molar-refractivity contribution in [1.82, 2.24) is 0 Å². The predicted octanol–water partition coefficient (Wildman–Crippen LogP) is 4.09. The zero-order chi connectivity index (χ0) is 23.9. The summed E-state index contributed by atoms with van der Waals surface area (Å²) in [5, 5.41) is 1.94. The van der Waals surface area contributed by atoms with Crippen LogP contribution in [-0.2, 0) is 19.2 Å². The zero-order valence-corrected chi connectivity index (χ0v) is 26.1. The van der Waals surface area contributed by atoms with E-state index in [0.717, 1.165) is 11.3 Å². The molecule has 38 heavy (non-hydrogen) atoms. The monoisotopic (exact) mass is 594 g/mol. The van der Waals surface area contributed by atoms with Crippen molar-refractivity contribution in [3.05, 3.63) is 100 Å². The molecule has 0 radical (unpaired) electrons. The van der Waals surface area contributed by atoms with Crippen LogP contribution in [0.1, 0.15) is 94.9 Å². The van der Waals surface area contributed by atoms with E-state index in [4.69, 9.17) is 0 Å². The van der Waals surface area contributed by atoms with E-state index in [-0.39, 0.29) is 51.9 Å². The first kappa shape index (κ1) is 28.6. The fraction of sp³-hybridized carbons (Fsp3) is 0.412. The van der Waals surface area contributed by atoms with Gasteiger partial charge >= 0.3 is 229 Å². The molecule has 0 saturated heterocycles. The first-order valence-electron chi connectivity index (χ1n) is 14.4. The molecule has 1 atom stereocenters. The first-order chi connectivity index (χ1) is 17.9. The van der Waals surface area contributed by atoms with Crippen molar-refractivity contribution in [2.24, 2.45) is 0 Å². The molecular formula is C34H37Cl2PTi. The molecule has 0 amide bonds. The van der Waals surface area contributed by atoms with Gasteiger partial charge in [0.15, 0.2) is 0 Å². The second-order valence-electron chi connectivity index (χ2n) is 11.4. The molecule has 0 aromatic heterocycles. The standard InChI is InChI=1S/C21H28P.C13H9.2ClH.Ti/c1-3-11-19(12-4-1)22(20-13-5-2-6-14-20)21-15-17-9-7-8-10-18(17)16-21;1-3-7-12-10(5-1)9-11-6-2-4-8-13(11)12;;;/h7-10,15-16,19-20H,1-6,11-14H2;1-9H;2*1H;/q;;;;+2/p-2. The van der Waals surface area contributed by atoms with Crippen molar-refractivity contribution in [3.8, 4) is 11.1 Å². The second-order valence-corrected chi connectivity index (χ2v) is 16.5. The van der Waals surface area contributed by atoms with Crippen LogP contribution >= 0.6 is 7.92 Å². The molecule has 0 N–H and O–H groups in total. The molecule has 3 aromatic carbocycles. The molecule has 0 aliphatic heterocycles. The maximum atomic E-state index is 2.74. The van der Waals surface area contributed by atoms with Crippen LogP contribution < -0.4 is 24.8 Å². The van der Waals surface area contributed by atoms with Crippen LogP contribution in [0.3, 0.4) is 0 Å². The summed E-state index contributed by atoms with van der Waals surface area (Å²) < 4.78 is 1.34. The molecule has 0 bridgehead atoms. The third-order valence-corrected chi connectivity index (χ3v) is 16.3. The Morgan fingerprint density at radius 3 is 1.55 bits per heavy atom. The van der Waals surface area contributed by atoms with Gasteiger partial charge in [0.05, 0.1) is 0 Å². The van der Waals surface area contributed by atoms with Crippen molar-refractivity contribution in [3.63, 3.8) is 0 Å². The molecule has 1 unspecified atom stereocenters. The summed E-state index contributed by atoms with van der Waals surface area (Å²) in [5.74, 6) is 0. The van der Waals surface area contributed by atoms with E-state index in [0.29, 0.717) is 8.45 Å². The fourth-order valence-electron chi connectivity index (χ4n) is 7.65. The fourth-order valence-corrected chi connectivity index (χ4v) is 15.6. The second kappa shape index (κ2) is 12.7. The van der Waals surface area contributed by atoms with Gasteiger partial charge in [-0.25, -0.2) is 0 Å². The minimum atomic E-state index is -0.305. The molecule has 3 aromatic rings. The summed E-state index contributed by atoms with van der Waals surface area (Å²) >= 11 is -0.305. The molecule has 4 aliphatic carbocycles. The number of rotatable bonds is 5. The van der Waals surface area contributed by atoms with Crippen LogP contribution in [0.5, 0.6) is 0 Å². The molecule has 2 saturated carbocycles. The van der Waals surface area contributed by atoms with Crippen molar-refractivity contribution < 1.29 is 44.0 Å². The first-order valence-corrected chi connectivity index (χ1v) is 17.7. The Bertz CT molecular complexity index is 1210. The summed E-state index contributed by atoms with van der Waals surface area (Å²) in [6.07, 6.45) is 17.6. The summed E-state index contributed by atoms with van der Waals surface area (Å²) in [7, 11) is -0.0462. The molecule has 4 aliphatic rings. The number of allylic oxidation sites excluding steroid dienone is 1. The Labute approximate surface area is 252 Å². The van der Waals surface area contributed by atoms with Crippen molar-refractivity contribution in [1.29, 1.82) is 0 Å². The van der Waals surface area contributed by atoms with Crippen LogP contribution in [0.15, 0.2) is 78.1 Å². The number of hydrogen-bond acceptors (Lipinski definition) is 0. The summed E-state index contributed by atoms with van der Waals surface area (Å²) in [4.78, 5) is 0. The summed E-state index contributed by atoms with van der Waals surface area (Å²) in [6.45, 7) is 0. The molecule has 2 fully saturated rings. The summed E-state index contributed by atoms with van der Waals surface area (Å²) in [6, 6.07) is 28.2. The molecule has 7 rings (SSSR count). The average molecular weight is 595 g/mol. The quantitative estimate of drug-likeness (QED) is 0.308. The molecule has 4 heteroatoms.